The standard InChI is InChI=1S/C18H22N4O/c1-12-19-20-18-9-15-3-4-16(11-21(12)18)22(15)10-13-2-5-17-14(8-13)6-7-23-17/h2,5,8,15-16H,3-4,6-7,9-11H2,1H3/t15-,16+/m0/s1. The van der Waals surface area contributed by atoms with E-state index in [1.165, 1.54) is 29.8 Å². The van der Waals surface area contributed by atoms with Gasteiger partial charge in [-0.1, -0.05) is 12.1 Å². The summed E-state index contributed by atoms with van der Waals surface area (Å²) in [4.78, 5) is 2.70. The molecule has 0 radical (unpaired) electrons. The lowest BCUT2D eigenvalue weighted by Crippen LogP contribution is -2.36. The predicted octanol–water partition coefficient (Wildman–Crippen LogP) is 2.11. The number of nitrogens with zero attached hydrogens (tertiary/aromatic N) is 4. The van der Waals surface area contributed by atoms with Crippen molar-refractivity contribution in [2.75, 3.05) is 6.61 Å². The van der Waals surface area contributed by atoms with Gasteiger partial charge in [-0.2, -0.15) is 0 Å². The van der Waals surface area contributed by atoms with Gasteiger partial charge in [-0.15, -0.1) is 10.2 Å². The number of hydrogen-bond acceptors (Lipinski definition) is 4. The molecule has 120 valence electrons. The molecule has 3 aliphatic heterocycles. The highest BCUT2D eigenvalue weighted by Gasteiger charge is 2.38. The molecular formula is C18H22N4O. The Hall–Kier alpha value is -1.88. The minimum atomic E-state index is 0.606. The molecule has 23 heavy (non-hydrogen) atoms. The van der Waals surface area contributed by atoms with Gasteiger partial charge in [0.1, 0.15) is 17.4 Å². The molecule has 0 N–H and O–H groups in total. The van der Waals surface area contributed by atoms with Gasteiger partial charge in [-0.25, -0.2) is 0 Å². The SMILES string of the molecule is Cc1nnc2n1C[C@H]1CC[C@@H](C2)N1Cc1ccc2c(c1)CCO2. The number of fused-ring (bicyclic) bond motifs is 4. The minimum absolute atomic E-state index is 0.606. The van der Waals surface area contributed by atoms with E-state index >= 15 is 0 Å². The van der Waals surface area contributed by atoms with Crippen LogP contribution in [-0.2, 0) is 25.9 Å². The van der Waals surface area contributed by atoms with Crippen LogP contribution in [0, 0.1) is 6.92 Å². The van der Waals surface area contributed by atoms with Gasteiger partial charge in [0.25, 0.3) is 0 Å². The Balaban J connectivity index is 1.41. The van der Waals surface area contributed by atoms with Crippen molar-refractivity contribution in [3.05, 3.63) is 41.0 Å². The summed E-state index contributed by atoms with van der Waals surface area (Å²) >= 11 is 0. The summed E-state index contributed by atoms with van der Waals surface area (Å²) in [5.41, 5.74) is 2.79. The molecule has 5 nitrogen and oxygen atoms in total. The van der Waals surface area contributed by atoms with Crippen molar-refractivity contribution in [3.8, 4) is 5.75 Å². The molecule has 1 aromatic heterocycles. The molecule has 0 amide bonds. The second kappa shape index (κ2) is 5.06. The van der Waals surface area contributed by atoms with Gasteiger partial charge in [-0.3, -0.25) is 4.90 Å². The van der Waals surface area contributed by atoms with Gasteiger partial charge in [0.2, 0.25) is 0 Å². The van der Waals surface area contributed by atoms with E-state index in [9.17, 15) is 0 Å². The Bertz CT molecular complexity index is 753. The van der Waals surface area contributed by atoms with Gasteiger partial charge >= 0.3 is 0 Å². The van der Waals surface area contributed by atoms with Crippen LogP contribution in [0.3, 0.4) is 0 Å². The molecule has 1 aromatic carbocycles. The van der Waals surface area contributed by atoms with E-state index in [2.05, 4.69) is 44.8 Å². The maximum Gasteiger partial charge on any atom is 0.134 e. The van der Waals surface area contributed by atoms with Crippen molar-refractivity contribution in [1.29, 1.82) is 0 Å². The van der Waals surface area contributed by atoms with E-state index in [1.54, 1.807) is 0 Å². The Kier molecular flexibility index (Phi) is 2.98. The number of rotatable bonds is 2. The van der Waals surface area contributed by atoms with Crippen LogP contribution < -0.4 is 4.74 Å². The van der Waals surface area contributed by atoms with Crippen molar-refractivity contribution in [2.45, 2.75) is 57.8 Å². The van der Waals surface area contributed by atoms with Crippen LogP contribution in [0.25, 0.3) is 0 Å². The van der Waals surface area contributed by atoms with Crippen molar-refractivity contribution >= 4 is 0 Å². The lowest BCUT2D eigenvalue weighted by atomic mass is 10.1. The Morgan fingerprint density at radius 3 is 3.09 bits per heavy atom. The largest absolute Gasteiger partial charge is 0.493 e. The second-order valence-electron chi connectivity index (χ2n) is 7.08. The smallest absolute Gasteiger partial charge is 0.134 e. The first-order valence-electron chi connectivity index (χ1n) is 8.67. The highest BCUT2D eigenvalue weighted by atomic mass is 16.5. The van der Waals surface area contributed by atoms with Gasteiger partial charge in [0.05, 0.1) is 6.61 Å². The Morgan fingerprint density at radius 2 is 2.13 bits per heavy atom. The van der Waals surface area contributed by atoms with Crippen LogP contribution in [0.15, 0.2) is 18.2 Å². The van der Waals surface area contributed by atoms with E-state index in [4.69, 9.17) is 4.74 Å². The number of aryl methyl sites for hydroxylation is 1. The molecule has 0 spiro atoms. The van der Waals surface area contributed by atoms with Crippen molar-refractivity contribution in [2.24, 2.45) is 0 Å². The fourth-order valence-corrected chi connectivity index (χ4v) is 4.47. The van der Waals surface area contributed by atoms with Crippen LogP contribution in [0.5, 0.6) is 5.75 Å². The van der Waals surface area contributed by atoms with Crippen molar-refractivity contribution in [3.63, 3.8) is 0 Å². The molecule has 3 aliphatic rings. The quantitative estimate of drug-likeness (QED) is 0.852. The summed E-state index contributed by atoms with van der Waals surface area (Å²) in [6.07, 6.45) is 4.65. The molecule has 2 atom stereocenters. The molecular weight excluding hydrogens is 288 g/mol. The van der Waals surface area contributed by atoms with Crippen molar-refractivity contribution in [1.82, 2.24) is 19.7 Å². The van der Waals surface area contributed by atoms with E-state index in [-0.39, 0.29) is 0 Å². The molecule has 5 heteroatoms. The predicted molar refractivity (Wildman–Crippen MR) is 86.5 cm³/mol. The average Bonchev–Trinajstić information content (AvgIpc) is 3.19. The zero-order chi connectivity index (χ0) is 15.4. The van der Waals surface area contributed by atoms with Gasteiger partial charge in [0.15, 0.2) is 0 Å². The summed E-state index contributed by atoms with van der Waals surface area (Å²) in [5, 5.41) is 8.66. The molecule has 2 aromatic rings. The van der Waals surface area contributed by atoms with Crippen LogP contribution in [0.1, 0.15) is 35.6 Å². The maximum absolute atomic E-state index is 5.63. The van der Waals surface area contributed by atoms with E-state index in [0.717, 1.165) is 44.1 Å². The normalized spacial score (nSPS) is 25.8. The highest BCUT2D eigenvalue weighted by Crippen LogP contribution is 2.34. The first kappa shape index (κ1) is 13.5. The summed E-state index contributed by atoms with van der Waals surface area (Å²) < 4.78 is 7.96. The zero-order valence-electron chi connectivity index (χ0n) is 13.5. The van der Waals surface area contributed by atoms with E-state index in [1.807, 2.05) is 0 Å². The van der Waals surface area contributed by atoms with Gasteiger partial charge in [0, 0.05) is 38.0 Å². The molecule has 0 unspecified atom stereocenters. The third-order valence-corrected chi connectivity index (χ3v) is 5.71. The second-order valence-corrected chi connectivity index (χ2v) is 7.08. The van der Waals surface area contributed by atoms with Gasteiger partial charge in [-0.05, 0) is 37.0 Å². The Morgan fingerprint density at radius 1 is 1.22 bits per heavy atom. The number of benzene rings is 1. The van der Waals surface area contributed by atoms with Crippen molar-refractivity contribution < 1.29 is 4.74 Å². The molecule has 2 bridgehead atoms. The molecule has 1 saturated heterocycles. The molecule has 0 saturated carbocycles. The zero-order valence-corrected chi connectivity index (χ0v) is 13.5. The third-order valence-electron chi connectivity index (χ3n) is 5.71. The topological polar surface area (TPSA) is 43.2 Å². The third kappa shape index (κ3) is 2.17. The first-order valence-corrected chi connectivity index (χ1v) is 8.67. The van der Waals surface area contributed by atoms with Crippen LogP contribution >= 0.6 is 0 Å². The summed E-state index contributed by atoms with van der Waals surface area (Å²) in [7, 11) is 0. The average molecular weight is 310 g/mol. The highest BCUT2D eigenvalue weighted by molar-refractivity contribution is 5.39. The molecule has 5 rings (SSSR count). The van der Waals surface area contributed by atoms with Gasteiger partial charge < -0.3 is 9.30 Å². The first-order chi connectivity index (χ1) is 11.3. The summed E-state index contributed by atoms with van der Waals surface area (Å²) in [6, 6.07) is 7.95. The number of ether oxygens (including phenoxy) is 1. The van der Waals surface area contributed by atoms with E-state index in [0.29, 0.717) is 12.1 Å². The fourth-order valence-electron chi connectivity index (χ4n) is 4.47. The van der Waals surface area contributed by atoms with Crippen LogP contribution in [-0.4, -0.2) is 38.4 Å². The maximum atomic E-state index is 5.63. The Labute approximate surface area is 136 Å². The lowest BCUT2D eigenvalue weighted by molar-refractivity contribution is 0.180. The minimum Gasteiger partial charge on any atom is -0.493 e. The molecule has 1 fully saturated rings. The lowest BCUT2D eigenvalue weighted by Gasteiger charge is -2.28. The number of hydrogen-bond donors (Lipinski definition) is 0. The number of aromatic nitrogens is 3. The monoisotopic (exact) mass is 310 g/mol. The fraction of sp³-hybridized carbons (Fsp3) is 0.556. The van der Waals surface area contributed by atoms with E-state index < -0.39 is 0 Å². The molecule has 0 aliphatic carbocycles. The van der Waals surface area contributed by atoms with Crippen LogP contribution in [0.2, 0.25) is 0 Å². The summed E-state index contributed by atoms with van der Waals surface area (Å²) in [5.74, 6) is 3.30. The summed E-state index contributed by atoms with van der Waals surface area (Å²) in [6.45, 7) is 4.99. The van der Waals surface area contributed by atoms with Crippen LogP contribution in [0.4, 0.5) is 0 Å². The molecule has 4 heterocycles.